The van der Waals surface area contributed by atoms with Crippen molar-refractivity contribution in [3.63, 3.8) is 0 Å². The van der Waals surface area contributed by atoms with Gasteiger partial charge >= 0.3 is 12.2 Å². The molecule has 1 unspecified atom stereocenters. The maximum atomic E-state index is 13.2. The number of dihydropyridines is 1. The van der Waals surface area contributed by atoms with E-state index in [-0.39, 0.29) is 24.3 Å². The number of aliphatic hydroxyl groups is 2. The first-order valence-corrected chi connectivity index (χ1v) is 10.8. The van der Waals surface area contributed by atoms with Gasteiger partial charge in [0.15, 0.2) is 5.82 Å². The van der Waals surface area contributed by atoms with Gasteiger partial charge in [-0.1, -0.05) is 6.08 Å². The lowest BCUT2D eigenvalue weighted by atomic mass is 10.1. The molecule has 0 spiro atoms. The number of hydrogen-bond donors (Lipinski definition) is 5. The zero-order chi connectivity index (χ0) is 25.2. The van der Waals surface area contributed by atoms with Crippen LogP contribution in [0.15, 0.2) is 36.1 Å². The summed E-state index contributed by atoms with van der Waals surface area (Å²) in [5, 5.41) is 25.5. The van der Waals surface area contributed by atoms with Gasteiger partial charge in [0.2, 0.25) is 11.8 Å². The topological polar surface area (TPSA) is 152 Å². The Bertz CT molecular complexity index is 1020. The van der Waals surface area contributed by atoms with Gasteiger partial charge in [0.25, 0.3) is 0 Å². The average molecular weight is 499 g/mol. The number of urea groups is 1. The van der Waals surface area contributed by atoms with E-state index in [1.807, 2.05) is 10.2 Å². The summed E-state index contributed by atoms with van der Waals surface area (Å²) in [6, 6.07) is -1.86. The number of nitrogens with zero attached hydrogens (tertiary/aromatic N) is 4. The van der Waals surface area contributed by atoms with Gasteiger partial charge in [0.1, 0.15) is 31.1 Å². The summed E-state index contributed by atoms with van der Waals surface area (Å²) in [5.41, 5.74) is 0.658. The van der Waals surface area contributed by atoms with Gasteiger partial charge in [-0.3, -0.25) is 15.0 Å². The van der Waals surface area contributed by atoms with Crippen LogP contribution < -0.4 is 20.7 Å². The molecule has 3 aliphatic rings. The molecule has 12 nitrogen and oxygen atoms in total. The second-order valence-electron chi connectivity index (χ2n) is 8.12. The first-order chi connectivity index (χ1) is 16.6. The van der Waals surface area contributed by atoms with E-state index in [0.717, 1.165) is 0 Å². The normalized spacial score (nSPS) is 21.9. The summed E-state index contributed by atoms with van der Waals surface area (Å²) in [6.07, 6.45) is 0.614. The number of hydrogen-bond acceptors (Lipinski definition) is 9. The van der Waals surface area contributed by atoms with Crippen LogP contribution in [0.3, 0.4) is 0 Å². The van der Waals surface area contributed by atoms with Crippen molar-refractivity contribution in [1.82, 2.24) is 30.4 Å². The van der Waals surface area contributed by atoms with Crippen LogP contribution in [-0.2, 0) is 4.79 Å². The molecule has 35 heavy (non-hydrogen) atoms. The number of aromatic nitrogens is 2. The molecule has 4 heterocycles. The summed E-state index contributed by atoms with van der Waals surface area (Å²) in [5.74, 6) is -0.363. The fourth-order valence-electron chi connectivity index (χ4n) is 3.91. The fourth-order valence-corrected chi connectivity index (χ4v) is 3.91. The number of aliphatic hydroxyl groups excluding tert-OH is 2. The highest BCUT2D eigenvalue weighted by molar-refractivity contribution is 5.91. The van der Waals surface area contributed by atoms with Gasteiger partial charge in [-0.25, -0.2) is 14.8 Å². The summed E-state index contributed by atoms with van der Waals surface area (Å²) in [4.78, 5) is 37.0. The van der Waals surface area contributed by atoms with Gasteiger partial charge in [-0.2, -0.15) is 13.2 Å². The molecule has 0 saturated carbocycles. The number of alkyl halides is 3. The molecule has 0 aromatic carbocycles. The number of ether oxygens (including phenoxy) is 1. The number of fused-ring (bicyclic) bond motifs is 3. The summed E-state index contributed by atoms with van der Waals surface area (Å²) in [7, 11) is 0. The maximum Gasteiger partial charge on any atom is 0.405 e. The van der Waals surface area contributed by atoms with E-state index in [1.54, 1.807) is 6.08 Å². The van der Waals surface area contributed by atoms with Crippen LogP contribution in [0.5, 0.6) is 5.88 Å². The zero-order valence-corrected chi connectivity index (χ0v) is 18.3. The van der Waals surface area contributed by atoms with E-state index in [0.29, 0.717) is 31.0 Å². The maximum absolute atomic E-state index is 13.2. The molecular weight excluding hydrogens is 475 g/mol. The number of halogens is 3. The average Bonchev–Trinajstić information content (AvgIpc) is 3.25. The highest BCUT2D eigenvalue weighted by Crippen LogP contribution is 2.33. The standard InChI is InChI=1S/C20H24F3N7O5/c21-20(22,23)10-26-18(33)13-1-2-14-17(27-13)30(11-3-4-29(14)7-11)19(34)28-15-5-25-16(6-24-15)35-9-12(32)8-31/h1-2,5-6,11-13,27,31-32H,3-4,7-10H2,(H,26,33)(H,24,28,34)/t11-,12+,13?/m0/s1. The van der Waals surface area contributed by atoms with Crippen molar-refractivity contribution in [3.8, 4) is 5.88 Å². The number of amides is 3. The number of nitrogens with one attached hydrogen (secondary N) is 3. The van der Waals surface area contributed by atoms with E-state index in [9.17, 15) is 27.9 Å². The molecule has 3 amide bonds. The quantitative estimate of drug-likeness (QED) is 0.335. The van der Waals surface area contributed by atoms with Crippen LogP contribution in [0.2, 0.25) is 0 Å². The Morgan fingerprint density at radius 2 is 2.11 bits per heavy atom. The summed E-state index contributed by atoms with van der Waals surface area (Å²) in [6.45, 7) is -0.872. The molecule has 3 atom stereocenters. The molecule has 0 radical (unpaired) electrons. The van der Waals surface area contributed by atoms with Crippen LogP contribution in [0.4, 0.5) is 23.8 Å². The van der Waals surface area contributed by atoms with Crippen molar-refractivity contribution in [2.75, 3.05) is 38.2 Å². The highest BCUT2D eigenvalue weighted by Gasteiger charge is 2.43. The molecule has 1 saturated heterocycles. The lowest BCUT2D eigenvalue weighted by Gasteiger charge is -2.40. The van der Waals surface area contributed by atoms with Gasteiger partial charge in [-0.15, -0.1) is 0 Å². The molecule has 1 aromatic heterocycles. The second kappa shape index (κ2) is 9.95. The number of carbonyl (C=O) groups excluding carboxylic acids is 2. The number of carbonyl (C=O) groups is 2. The van der Waals surface area contributed by atoms with Crippen molar-refractivity contribution in [2.24, 2.45) is 0 Å². The van der Waals surface area contributed by atoms with Gasteiger partial charge < -0.3 is 30.5 Å². The first kappa shape index (κ1) is 24.5. The predicted octanol–water partition coefficient (Wildman–Crippen LogP) is -0.494. The van der Waals surface area contributed by atoms with Crippen molar-refractivity contribution >= 4 is 17.8 Å². The number of anilines is 1. The number of rotatable bonds is 7. The Balaban J connectivity index is 1.44. The Labute approximate surface area is 197 Å². The van der Waals surface area contributed by atoms with E-state index < -0.39 is 43.4 Å². The van der Waals surface area contributed by atoms with E-state index in [4.69, 9.17) is 9.84 Å². The molecule has 15 heteroatoms. The number of allylic oxidation sites excluding steroid dienone is 1. The van der Waals surface area contributed by atoms with E-state index >= 15 is 0 Å². The Hall–Kier alpha value is -3.59. The van der Waals surface area contributed by atoms with Crippen LogP contribution >= 0.6 is 0 Å². The van der Waals surface area contributed by atoms with Crippen LogP contribution in [0, 0.1) is 0 Å². The Morgan fingerprint density at radius 3 is 2.80 bits per heavy atom. The lowest BCUT2D eigenvalue weighted by Crippen LogP contribution is -2.56. The molecule has 5 N–H and O–H groups in total. The zero-order valence-electron chi connectivity index (χ0n) is 18.3. The molecule has 3 aliphatic heterocycles. The van der Waals surface area contributed by atoms with Crippen molar-refractivity contribution in [1.29, 1.82) is 0 Å². The van der Waals surface area contributed by atoms with E-state index in [1.165, 1.54) is 23.4 Å². The molecule has 0 aliphatic carbocycles. The van der Waals surface area contributed by atoms with Crippen LogP contribution in [-0.4, -0.2) is 99.1 Å². The first-order valence-electron chi connectivity index (χ1n) is 10.8. The SMILES string of the molecule is O=C(NCC(F)(F)F)C1C=CC2=C(N1)N(C(=O)Nc1cnc(OC[C@H](O)CO)cn1)[C@H]1CCN2C1. The fraction of sp³-hybridized carbons (Fsp3) is 0.500. The predicted molar refractivity (Wildman–Crippen MR) is 114 cm³/mol. The van der Waals surface area contributed by atoms with Gasteiger partial charge in [0, 0.05) is 13.1 Å². The van der Waals surface area contributed by atoms with Crippen molar-refractivity contribution < 1.29 is 37.7 Å². The monoisotopic (exact) mass is 499 g/mol. The largest absolute Gasteiger partial charge is 0.474 e. The highest BCUT2D eigenvalue weighted by atomic mass is 19.4. The van der Waals surface area contributed by atoms with Gasteiger partial charge in [0.05, 0.1) is 30.7 Å². The third kappa shape index (κ3) is 5.74. The van der Waals surface area contributed by atoms with Crippen LogP contribution in [0.1, 0.15) is 6.42 Å². The third-order valence-corrected chi connectivity index (χ3v) is 5.55. The minimum atomic E-state index is -4.54. The Kier molecular flexibility index (Phi) is 6.98. The minimum Gasteiger partial charge on any atom is -0.474 e. The van der Waals surface area contributed by atoms with E-state index in [2.05, 4.69) is 20.6 Å². The lowest BCUT2D eigenvalue weighted by molar-refractivity contribution is -0.138. The molecule has 190 valence electrons. The molecule has 2 bridgehead atoms. The Morgan fingerprint density at radius 1 is 1.31 bits per heavy atom. The smallest absolute Gasteiger partial charge is 0.405 e. The van der Waals surface area contributed by atoms with Crippen LogP contribution in [0.25, 0.3) is 0 Å². The molecular formula is C20H24F3N7O5. The second-order valence-corrected chi connectivity index (χ2v) is 8.12. The molecule has 4 rings (SSSR count). The molecule has 1 aromatic rings. The van der Waals surface area contributed by atoms with Crippen molar-refractivity contribution in [2.45, 2.75) is 30.8 Å². The summed E-state index contributed by atoms with van der Waals surface area (Å²) < 4.78 is 42.6. The third-order valence-electron chi connectivity index (χ3n) is 5.55. The molecule has 1 fully saturated rings. The summed E-state index contributed by atoms with van der Waals surface area (Å²) >= 11 is 0. The van der Waals surface area contributed by atoms with Gasteiger partial charge in [-0.05, 0) is 12.5 Å². The van der Waals surface area contributed by atoms with Crippen molar-refractivity contribution in [3.05, 3.63) is 36.1 Å². The minimum absolute atomic E-state index is 0.0803.